The Morgan fingerprint density at radius 2 is 1.77 bits per heavy atom. The standard InChI is InChI=1S/C10H22O2S/c1-2-3-4-5-6-7-10(13)9(12)8-11/h9-13H,2-8H2,1H3. The van der Waals surface area contributed by atoms with E-state index in [0.29, 0.717) is 0 Å². The van der Waals surface area contributed by atoms with E-state index in [1.807, 2.05) is 0 Å². The van der Waals surface area contributed by atoms with E-state index >= 15 is 0 Å². The molecule has 2 unspecified atom stereocenters. The van der Waals surface area contributed by atoms with E-state index in [1.54, 1.807) is 0 Å². The molecule has 80 valence electrons. The molecule has 0 spiro atoms. The van der Waals surface area contributed by atoms with Crippen molar-refractivity contribution in [2.75, 3.05) is 6.61 Å². The molecule has 0 aliphatic carbocycles. The number of unbranched alkanes of at least 4 members (excludes halogenated alkanes) is 4. The van der Waals surface area contributed by atoms with Crippen molar-refractivity contribution in [1.29, 1.82) is 0 Å². The minimum absolute atomic E-state index is 0.0633. The quantitative estimate of drug-likeness (QED) is 0.420. The lowest BCUT2D eigenvalue weighted by molar-refractivity contribution is 0.0912. The number of aliphatic hydroxyl groups is 2. The van der Waals surface area contributed by atoms with Crippen LogP contribution in [0, 0.1) is 0 Å². The summed E-state index contributed by atoms with van der Waals surface area (Å²) in [6.45, 7) is 2.01. The van der Waals surface area contributed by atoms with Gasteiger partial charge >= 0.3 is 0 Å². The second-order valence-electron chi connectivity index (χ2n) is 3.52. The van der Waals surface area contributed by atoms with Crippen LogP contribution in [0.2, 0.25) is 0 Å². The van der Waals surface area contributed by atoms with Crippen molar-refractivity contribution < 1.29 is 10.2 Å². The first-order valence-corrected chi connectivity index (χ1v) is 5.71. The van der Waals surface area contributed by atoms with Crippen LogP contribution in [0.1, 0.15) is 45.4 Å². The molecule has 2 atom stereocenters. The summed E-state index contributed by atoms with van der Waals surface area (Å²) in [5.41, 5.74) is 0. The molecule has 0 bridgehead atoms. The van der Waals surface area contributed by atoms with Crippen LogP contribution in [0.4, 0.5) is 0 Å². The minimum atomic E-state index is -0.658. The number of aliphatic hydroxyl groups excluding tert-OH is 2. The first-order valence-electron chi connectivity index (χ1n) is 5.19. The molecule has 0 aromatic carbocycles. The second kappa shape index (κ2) is 8.85. The smallest absolute Gasteiger partial charge is 0.0886 e. The molecule has 0 saturated heterocycles. The second-order valence-corrected chi connectivity index (χ2v) is 4.18. The van der Waals surface area contributed by atoms with Crippen LogP contribution in [-0.2, 0) is 0 Å². The molecule has 2 nitrogen and oxygen atoms in total. The van der Waals surface area contributed by atoms with Gasteiger partial charge in [0.1, 0.15) is 0 Å². The molecule has 0 amide bonds. The Bertz CT molecular complexity index is 109. The molecule has 0 heterocycles. The van der Waals surface area contributed by atoms with Gasteiger partial charge in [0, 0.05) is 5.25 Å². The van der Waals surface area contributed by atoms with Gasteiger partial charge in [0.05, 0.1) is 12.7 Å². The van der Waals surface area contributed by atoms with Gasteiger partial charge in [-0.25, -0.2) is 0 Å². The molecule has 0 saturated carbocycles. The Balaban J connectivity index is 3.21. The predicted octanol–water partition coefficient (Wildman–Crippen LogP) is 2.00. The molecule has 0 rings (SSSR count). The van der Waals surface area contributed by atoms with Gasteiger partial charge in [0.25, 0.3) is 0 Å². The highest BCUT2D eigenvalue weighted by molar-refractivity contribution is 7.81. The summed E-state index contributed by atoms with van der Waals surface area (Å²) in [5.74, 6) is 0. The molecule has 0 aliphatic rings. The molecule has 3 heteroatoms. The van der Waals surface area contributed by atoms with Gasteiger partial charge in [0.15, 0.2) is 0 Å². The summed E-state index contributed by atoms with van der Waals surface area (Å²) < 4.78 is 0. The Labute approximate surface area is 86.8 Å². The van der Waals surface area contributed by atoms with E-state index in [0.717, 1.165) is 12.8 Å². The zero-order chi connectivity index (χ0) is 10.1. The van der Waals surface area contributed by atoms with Crippen molar-refractivity contribution in [3.8, 4) is 0 Å². The maximum absolute atomic E-state index is 9.20. The Morgan fingerprint density at radius 3 is 2.31 bits per heavy atom. The van der Waals surface area contributed by atoms with Crippen LogP contribution in [0.25, 0.3) is 0 Å². The van der Waals surface area contributed by atoms with Crippen LogP contribution in [0.5, 0.6) is 0 Å². The van der Waals surface area contributed by atoms with Crippen molar-refractivity contribution in [3.05, 3.63) is 0 Å². The van der Waals surface area contributed by atoms with Crippen LogP contribution in [-0.4, -0.2) is 28.2 Å². The number of thiol groups is 1. The molecule has 0 aromatic heterocycles. The summed E-state index contributed by atoms with van der Waals surface area (Å²) in [5, 5.41) is 17.8. The van der Waals surface area contributed by atoms with Gasteiger partial charge in [-0.3, -0.25) is 0 Å². The summed E-state index contributed by atoms with van der Waals surface area (Å²) in [7, 11) is 0. The SMILES string of the molecule is CCCCCCCC(S)C(O)CO. The van der Waals surface area contributed by atoms with Crippen LogP contribution >= 0.6 is 12.6 Å². The van der Waals surface area contributed by atoms with Gasteiger partial charge in [-0.1, -0.05) is 39.0 Å². The third kappa shape index (κ3) is 7.35. The lowest BCUT2D eigenvalue weighted by atomic mass is 10.1. The van der Waals surface area contributed by atoms with E-state index in [4.69, 9.17) is 5.11 Å². The lowest BCUT2D eigenvalue weighted by Crippen LogP contribution is -2.24. The average molecular weight is 206 g/mol. The Hall–Kier alpha value is 0.270. The fourth-order valence-corrected chi connectivity index (χ4v) is 1.55. The fraction of sp³-hybridized carbons (Fsp3) is 1.00. The van der Waals surface area contributed by atoms with E-state index < -0.39 is 6.10 Å². The van der Waals surface area contributed by atoms with Crippen molar-refractivity contribution >= 4 is 12.6 Å². The topological polar surface area (TPSA) is 40.5 Å². The molecular weight excluding hydrogens is 184 g/mol. The van der Waals surface area contributed by atoms with Gasteiger partial charge in [0.2, 0.25) is 0 Å². The number of hydrogen-bond donors (Lipinski definition) is 3. The van der Waals surface area contributed by atoms with Crippen LogP contribution in [0.15, 0.2) is 0 Å². The Kier molecular flexibility index (Phi) is 9.03. The van der Waals surface area contributed by atoms with E-state index in [9.17, 15) is 5.11 Å². The average Bonchev–Trinajstić information content (AvgIpc) is 2.16. The van der Waals surface area contributed by atoms with E-state index in [1.165, 1.54) is 25.7 Å². The molecule has 0 aliphatic heterocycles. The van der Waals surface area contributed by atoms with Crippen LogP contribution < -0.4 is 0 Å². The number of rotatable bonds is 8. The number of hydrogen-bond acceptors (Lipinski definition) is 3. The molecule has 13 heavy (non-hydrogen) atoms. The molecule has 2 N–H and O–H groups in total. The van der Waals surface area contributed by atoms with Crippen molar-refractivity contribution in [1.82, 2.24) is 0 Å². The molecule has 0 fully saturated rings. The van der Waals surface area contributed by atoms with Crippen molar-refractivity contribution in [2.45, 2.75) is 56.8 Å². The molecule has 0 radical (unpaired) electrons. The summed E-state index contributed by atoms with van der Waals surface area (Å²) in [4.78, 5) is 0. The highest BCUT2D eigenvalue weighted by atomic mass is 32.1. The van der Waals surface area contributed by atoms with E-state index in [-0.39, 0.29) is 11.9 Å². The third-order valence-electron chi connectivity index (χ3n) is 2.23. The maximum Gasteiger partial charge on any atom is 0.0886 e. The normalized spacial score (nSPS) is 15.7. The Morgan fingerprint density at radius 1 is 1.15 bits per heavy atom. The summed E-state index contributed by atoms with van der Waals surface area (Å²) in [6.07, 6.45) is 6.37. The monoisotopic (exact) mass is 206 g/mol. The maximum atomic E-state index is 9.20. The predicted molar refractivity (Wildman–Crippen MR) is 59.2 cm³/mol. The fourth-order valence-electron chi connectivity index (χ4n) is 1.27. The van der Waals surface area contributed by atoms with E-state index in [2.05, 4.69) is 19.6 Å². The first-order chi connectivity index (χ1) is 6.22. The zero-order valence-electron chi connectivity index (χ0n) is 8.45. The van der Waals surface area contributed by atoms with Crippen molar-refractivity contribution in [3.63, 3.8) is 0 Å². The van der Waals surface area contributed by atoms with Crippen LogP contribution in [0.3, 0.4) is 0 Å². The zero-order valence-corrected chi connectivity index (χ0v) is 9.34. The summed E-state index contributed by atoms with van der Waals surface area (Å²) in [6, 6.07) is 0. The first kappa shape index (κ1) is 13.3. The largest absolute Gasteiger partial charge is 0.394 e. The van der Waals surface area contributed by atoms with Gasteiger partial charge in [-0.2, -0.15) is 12.6 Å². The van der Waals surface area contributed by atoms with Crippen molar-refractivity contribution in [2.24, 2.45) is 0 Å². The van der Waals surface area contributed by atoms with Gasteiger partial charge in [-0.15, -0.1) is 0 Å². The minimum Gasteiger partial charge on any atom is -0.394 e. The third-order valence-corrected chi connectivity index (χ3v) is 2.84. The molecule has 0 aromatic rings. The highest BCUT2D eigenvalue weighted by Crippen LogP contribution is 2.13. The lowest BCUT2D eigenvalue weighted by Gasteiger charge is -2.15. The highest BCUT2D eigenvalue weighted by Gasteiger charge is 2.12. The summed E-state index contributed by atoms with van der Waals surface area (Å²) >= 11 is 4.22. The van der Waals surface area contributed by atoms with Gasteiger partial charge < -0.3 is 10.2 Å². The van der Waals surface area contributed by atoms with Gasteiger partial charge in [-0.05, 0) is 6.42 Å². The molecular formula is C10H22O2S.